The highest BCUT2D eigenvalue weighted by atomic mass is 79.9. The molecule has 13 heteroatoms. The summed E-state index contributed by atoms with van der Waals surface area (Å²) in [6.07, 6.45) is 8.47. The molecule has 1 fully saturated rings. The number of hydrogen-bond donors (Lipinski definition) is 2. The van der Waals surface area contributed by atoms with Crippen LogP contribution < -0.4 is 10.5 Å². The fourth-order valence-electron chi connectivity index (χ4n) is 3.76. The molecule has 4 rings (SSSR count). The summed E-state index contributed by atoms with van der Waals surface area (Å²) in [5.74, 6) is 0.159. The van der Waals surface area contributed by atoms with Crippen LogP contribution in [0.2, 0.25) is 0 Å². The Hall–Kier alpha value is -2.74. The van der Waals surface area contributed by atoms with Gasteiger partial charge in [0, 0.05) is 29.1 Å². The number of pyridine rings is 1. The molecule has 3 aromatic heterocycles. The van der Waals surface area contributed by atoms with E-state index in [9.17, 15) is 13.2 Å². The molecule has 11 nitrogen and oxygen atoms in total. The van der Waals surface area contributed by atoms with Crippen molar-refractivity contribution in [2.45, 2.75) is 31.8 Å². The van der Waals surface area contributed by atoms with E-state index in [0.29, 0.717) is 24.3 Å². The van der Waals surface area contributed by atoms with Gasteiger partial charge in [0.15, 0.2) is 0 Å². The molecule has 2 atom stereocenters. The van der Waals surface area contributed by atoms with E-state index in [-0.39, 0.29) is 30.0 Å². The van der Waals surface area contributed by atoms with Gasteiger partial charge in [-0.1, -0.05) is 15.9 Å². The molecule has 0 aliphatic heterocycles. The summed E-state index contributed by atoms with van der Waals surface area (Å²) < 4.78 is 29.3. The van der Waals surface area contributed by atoms with Crippen LogP contribution in [0.25, 0.3) is 0 Å². The molecule has 0 bridgehead atoms. The van der Waals surface area contributed by atoms with Crippen LogP contribution in [0, 0.1) is 5.92 Å². The van der Waals surface area contributed by atoms with E-state index in [1.54, 1.807) is 23.1 Å². The van der Waals surface area contributed by atoms with Gasteiger partial charge in [-0.2, -0.15) is 13.5 Å². The maximum absolute atomic E-state index is 13.1. The highest BCUT2D eigenvalue weighted by Crippen LogP contribution is 2.29. The molecule has 33 heavy (non-hydrogen) atoms. The second-order valence-corrected chi connectivity index (χ2v) is 9.91. The van der Waals surface area contributed by atoms with Gasteiger partial charge in [-0.25, -0.2) is 15.1 Å². The zero-order chi connectivity index (χ0) is 23.4. The molecule has 0 aromatic carbocycles. The summed E-state index contributed by atoms with van der Waals surface area (Å²) in [7, 11) is -3.96. The highest BCUT2D eigenvalue weighted by Gasteiger charge is 2.28. The van der Waals surface area contributed by atoms with Crippen LogP contribution in [0.1, 0.15) is 41.0 Å². The number of carbonyl (C=O) groups is 1. The Bertz CT molecular complexity index is 1250. The lowest BCUT2D eigenvalue weighted by Gasteiger charge is -2.15. The SMILES string of the molecule is NS(=O)(=O)OCC1CCC(Nc2ncncc2C(=O)c2ccn(Cc3cc(Br)ccn3)n2)C1. The molecule has 0 saturated heterocycles. The Balaban J connectivity index is 1.42. The number of ketones is 1. The number of nitrogens with zero attached hydrogens (tertiary/aromatic N) is 5. The third-order valence-electron chi connectivity index (χ3n) is 5.28. The summed E-state index contributed by atoms with van der Waals surface area (Å²) in [5.41, 5.74) is 1.39. The van der Waals surface area contributed by atoms with Gasteiger partial charge in [-0.05, 0) is 43.4 Å². The molecule has 1 saturated carbocycles. The summed E-state index contributed by atoms with van der Waals surface area (Å²) in [6, 6.07) is 5.39. The normalized spacial score (nSPS) is 18.4. The van der Waals surface area contributed by atoms with Crippen LogP contribution >= 0.6 is 15.9 Å². The van der Waals surface area contributed by atoms with Crippen molar-refractivity contribution < 1.29 is 17.4 Å². The first kappa shape index (κ1) is 23.4. The van der Waals surface area contributed by atoms with Crippen LogP contribution in [-0.2, 0) is 21.0 Å². The van der Waals surface area contributed by atoms with Gasteiger partial charge in [0.2, 0.25) is 5.78 Å². The van der Waals surface area contributed by atoms with E-state index in [0.717, 1.165) is 23.0 Å². The molecule has 1 aliphatic carbocycles. The van der Waals surface area contributed by atoms with Crippen LogP contribution in [0.3, 0.4) is 0 Å². The smallest absolute Gasteiger partial charge is 0.333 e. The highest BCUT2D eigenvalue weighted by molar-refractivity contribution is 9.10. The standard InChI is InChI=1S/C20H22BrN7O4S/c21-14-3-5-24-16(8-14)10-28-6-4-18(27-28)19(29)17-9-23-12-25-20(17)26-15-2-1-13(7-15)11-32-33(22,30)31/h3-6,8-9,12-13,15H,1-2,7,10-11H2,(H2,22,30,31)(H,23,25,26). The number of halogens is 1. The lowest BCUT2D eigenvalue weighted by molar-refractivity contribution is 0.103. The van der Waals surface area contributed by atoms with Crippen molar-refractivity contribution in [3.05, 3.63) is 64.5 Å². The minimum absolute atomic E-state index is 0.0145. The Morgan fingerprint density at radius 2 is 2.15 bits per heavy atom. The quantitative estimate of drug-likeness (QED) is 0.390. The molecule has 2 unspecified atom stereocenters. The molecule has 174 valence electrons. The van der Waals surface area contributed by atoms with Crippen molar-refractivity contribution in [3.8, 4) is 0 Å². The zero-order valence-corrected chi connectivity index (χ0v) is 19.9. The first-order valence-electron chi connectivity index (χ1n) is 10.2. The molecule has 3 N–H and O–H groups in total. The van der Waals surface area contributed by atoms with Crippen molar-refractivity contribution in [2.24, 2.45) is 11.1 Å². The van der Waals surface area contributed by atoms with Crippen molar-refractivity contribution in [3.63, 3.8) is 0 Å². The number of nitrogens with two attached hydrogens (primary N) is 1. The molecule has 1 aliphatic rings. The van der Waals surface area contributed by atoms with Crippen LogP contribution in [-0.4, -0.2) is 51.6 Å². The van der Waals surface area contributed by atoms with E-state index < -0.39 is 10.3 Å². The minimum Gasteiger partial charge on any atom is -0.367 e. The summed E-state index contributed by atoms with van der Waals surface area (Å²) in [5, 5.41) is 12.6. The average molecular weight is 536 g/mol. The number of nitrogens with one attached hydrogen (secondary N) is 1. The Labute approximate surface area is 199 Å². The van der Waals surface area contributed by atoms with Crippen LogP contribution in [0.5, 0.6) is 0 Å². The monoisotopic (exact) mass is 535 g/mol. The van der Waals surface area contributed by atoms with E-state index in [2.05, 4.69) is 41.3 Å². The third-order valence-corrected chi connectivity index (χ3v) is 6.24. The molecule has 0 radical (unpaired) electrons. The minimum atomic E-state index is -3.96. The van der Waals surface area contributed by atoms with Gasteiger partial charge in [-0.15, -0.1) is 0 Å². The van der Waals surface area contributed by atoms with E-state index in [1.165, 1.54) is 12.5 Å². The van der Waals surface area contributed by atoms with Crippen LogP contribution in [0.4, 0.5) is 5.82 Å². The molecular weight excluding hydrogens is 514 g/mol. The van der Waals surface area contributed by atoms with Crippen molar-refractivity contribution in [1.82, 2.24) is 24.7 Å². The van der Waals surface area contributed by atoms with E-state index in [1.807, 2.05) is 12.1 Å². The molecule has 0 spiro atoms. The topological polar surface area (TPSA) is 155 Å². The fourth-order valence-corrected chi connectivity index (χ4v) is 4.53. The maximum Gasteiger partial charge on any atom is 0.333 e. The average Bonchev–Trinajstić information content (AvgIpc) is 3.41. The van der Waals surface area contributed by atoms with Crippen molar-refractivity contribution in [1.29, 1.82) is 0 Å². The lowest BCUT2D eigenvalue weighted by atomic mass is 10.1. The van der Waals surface area contributed by atoms with Gasteiger partial charge < -0.3 is 5.32 Å². The second-order valence-electron chi connectivity index (χ2n) is 7.78. The first-order chi connectivity index (χ1) is 15.8. The van der Waals surface area contributed by atoms with Gasteiger partial charge >= 0.3 is 10.3 Å². The maximum atomic E-state index is 13.1. The predicted molar refractivity (Wildman–Crippen MR) is 123 cm³/mol. The van der Waals surface area contributed by atoms with Crippen molar-refractivity contribution >= 4 is 37.8 Å². The summed E-state index contributed by atoms with van der Waals surface area (Å²) >= 11 is 3.42. The van der Waals surface area contributed by atoms with Crippen LogP contribution in [0.15, 0.2) is 47.6 Å². The lowest BCUT2D eigenvalue weighted by Crippen LogP contribution is -2.22. The van der Waals surface area contributed by atoms with Gasteiger partial charge in [0.25, 0.3) is 0 Å². The summed E-state index contributed by atoms with van der Waals surface area (Å²) in [4.78, 5) is 25.7. The molecule has 0 amide bonds. The number of aromatic nitrogens is 5. The second kappa shape index (κ2) is 10.0. The van der Waals surface area contributed by atoms with E-state index in [4.69, 9.17) is 9.32 Å². The number of rotatable bonds is 9. The van der Waals surface area contributed by atoms with E-state index >= 15 is 0 Å². The summed E-state index contributed by atoms with van der Waals surface area (Å²) in [6.45, 7) is 0.462. The largest absolute Gasteiger partial charge is 0.367 e. The molecule has 3 aromatic rings. The van der Waals surface area contributed by atoms with Gasteiger partial charge in [0.1, 0.15) is 17.8 Å². The first-order valence-corrected chi connectivity index (χ1v) is 12.5. The fraction of sp³-hybridized carbons (Fsp3) is 0.350. The molecule has 3 heterocycles. The molecular formula is C20H22BrN7O4S. The zero-order valence-electron chi connectivity index (χ0n) is 17.5. The van der Waals surface area contributed by atoms with Gasteiger partial charge in [0.05, 0.1) is 24.4 Å². The van der Waals surface area contributed by atoms with Gasteiger partial charge in [-0.3, -0.25) is 18.6 Å². The Morgan fingerprint density at radius 3 is 2.94 bits per heavy atom. The third kappa shape index (κ3) is 6.41. The van der Waals surface area contributed by atoms with Crippen molar-refractivity contribution in [2.75, 3.05) is 11.9 Å². The number of hydrogen-bond acceptors (Lipinski definition) is 9. The number of carbonyl (C=O) groups excluding carboxylic acids is 1. The Morgan fingerprint density at radius 1 is 1.30 bits per heavy atom. The number of anilines is 1. The Kier molecular flexibility index (Phi) is 7.12. The predicted octanol–water partition coefficient (Wildman–Crippen LogP) is 1.91.